The predicted octanol–water partition coefficient (Wildman–Crippen LogP) is 3.10. The van der Waals surface area contributed by atoms with Gasteiger partial charge in [-0.25, -0.2) is 4.68 Å². The number of hydrogen-bond donors (Lipinski definition) is 0. The van der Waals surface area contributed by atoms with Crippen LogP contribution in [0.5, 0.6) is 5.75 Å². The molecule has 0 saturated carbocycles. The minimum absolute atomic E-state index is 0.494. The predicted molar refractivity (Wildman–Crippen MR) is 75.5 cm³/mol. The number of aromatic nitrogens is 2. The standard InChI is InChI=1S/C11H21BrN2O2Si/c1-15-11-8-14(13-10(11)7-12)9-16-5-6-17(2,3)4/h8H,5-7,9H2,1-4H3. The summed E-state index contributed by atoms with van der Waals surface area (Å²) >= 11 is 3.38. The van der Waals surface area contributed by atoms with Crippen LogP contribution in [0, 0.1) is 0 Å². The lowest BCUT2D eigenvalue weighted by Crippen LogP contribution is -2.22. The second kappa shape index (κ2) is 6.56. The van der Waals surface area contributed by atoms with Crippen LogP contribution in [0.4, 0.5) is 0 Å². The number of ether oxygens (including phenoxy) is 2. The summed E-state index contributed by atoms with van der Waals surface area (Å²) in [7, 11) is 0.651. The van der Waals surface area contributed by atoms with Gasteiger partial charge in [-0.15, -0.1) is 0 Å². The summed E-state index contributed by atoms with van der Waals surface area (Å²) in [6.45, 7) is 8.33. The Labute approximate surface area is 112 Å². The third-order valence-electron chi connectivity index (χ3n) is 2.37. The molecule has 0 radical (unpaired) electrons. The lowest BCUT2D eigenvalue weighted by molar-refractivity contribution is 0.0782. The molecule has 0 amide bonds. The van der Waals surface area contributed by atoms with Crippen molar-refractivity contribution >= 4 is 24.0 Å². The van der Waals surface area contributed by atoms with E-state index >= 15 is 0 Å². The van der Waals surface area contributed by atoms with Crippen LogP contribution in [-0.4, -0.2) is 31.6 Å². The monoisotopic (exact) mass is 320 g/mol. The van der Waals surface area contributed by atoms with E-state index in [0.717, 1.165) is 18.1 Å². The molecule has 0 bridgehead atoms. The van der Waals surface area contributed by atoms with Crippen molar-refractivity contribution in [1.82, 2.24) is 9.78 Å². The van der Waals surface area contributed by atoms with Gasteiger partial charge in [0.25, 0.3) is 0 Å². The van der Waals surface area contributed by atoms with E-state index in [1.54, 1.807) is 11.8 Å². The van der Waals surface area contributed by atoms with Crippen LogP contribution in [0.25, 0.3) is 0 Å². The van der Waals surface area contributed by atoms with E-state index in [1.165, 1.54) is 6.04 Å². The summed E-state index contributed by atoms with van der Waals surface area (Å²) in [5.41, 5.74) is 0.904. The Bertz CT molecular complexity index is 328. The van der Waals surface area contributed by atoms with Gasteiger partial charge in [-0.05, 0) is 6.04 Å². The van der Waals surface area contributed by atoms with Gasteiger partial charge in [0.2, 0.25) is 0 Å². The second-order valence-corrected chi connectivity index (χ2v) is 11.3. The Morgan fingerprint density at radius 3 is 2.59 bits per heavy atom. The molecule has 0 aliphatic heterocycles. The van der Waals surface area contributed by atoms with Gasteiger partial charge in [0.1, 0.15) is 12.4 Å². The van der Waals surface area contributed by atoms with Crippen molar-refractivity contribution in [3.05, 3.63) is 11.9 Å². The zero-order valence-corrected chi connectivity index (χ0v) is 13.6. The van der Waals surface area contributed by atoms with Crippen molar-refractivity contribution in [3.8, 4) is 5.75 Å². The maximum absolute atomic E-state index is 5.62. The van der Waals surface area contributed by atoms with Crippen LogP contribution in [0.2, 0.25) is 25.7 Å². The van der Waals surface area contributed by atoms with E-state index in [4.69, 9.17) is 9.47 Å². The van der Waals surface area contributed by atoms with Gasteiger partial charge >= 0.3 is 0 Å². The summed E-state index contributed by atoms with van der Waals surface area (Å²) in [6, 6.07) is 1.18. The second-order valence-electron chi connectivity index (χ2n) is 5.17. The molecule has 17 heavy (non-hydrogen) atoms. The Hall–Kier alpha value is -0.333. The van der Waals surface area contributed by atoms with Gasteiger partial charge < -0.3 is 9.47 Å². The Balaban J connectivity index is 2.39. The van der Waals surface area contributed by atoms with Gasteiger partial charge in [0.05, 0.1) is 18.6 Å². The third-order valence-corrected chi connectivity index (χ3v) is 4.60. The summed E-state index contributed by atoms with van der Waals surface area (Å²) in [6.07, 6.45) is 1.87. The van der Waals surface area contributed by atoms with E-state index in [1.807, 2.05) is 6.20 Å². The first-order valence-corrected chi connectivity index (χ1v) is 10.5. The molecular weight excluding hydrogens is 300 g/mol. The number of rotatable bonds is 7. The van der Waals surface area contributed by atoms with Crippen LogP contribution >= 0.6 is 15.9 Å². The highest BCUT2D eigenvalue weighted by atomic mass is 79.9. The smallest absolute Gasteiger partial charge is 0.160 e. The molecule has 0 spiro atoms. The SMILES string of the molecule is COc1cn(COCC[Si](C)(C)C)nc1CBr. The number of alkyl halides is 1. The van der Waals surface area contributed by atoms with Gasteiger partial charge in [-0.3, -0.25) is 0 Å². The van der Waals surface area contributed by atoms with Crippen LogP contribution in [0.15, 0.2) is 6.20 Å². The van der Waals surface area contributed by atoms with Gasteiger partial charge in [-0.2, -0.15) is 5.10 Å². The van der Waals surface area contributed by atoms with Crippen molar-refractivity contribution in [2.24, 2.45) is 0 Å². The lowest BCUT2D eigenvalue weighted by atomic mass is 10.4. The quantitative estimate of drug-likeness (QED) is 0.440. The topological polar surface area (TPSA) is 36.3 Å². The fourth-order valence-corrected chi connectivity index (χ4v) is 2.45. The van der Waals surface area contributed by atoms with Crippen LogP contribution < -0.4 is 4.74 Å². The van der Waals surface area contributed by atoms with Crippen molar-refractivity contribution in [2.75, 3.05) is 13.7 Å². The maximum atomic E-state index is 5.62. The van der Waals surface area contributed by atoms with Gasteiger partial charge in [0, 0.05) is 14.7 Å². The summed E-state index contributed by atoms with van der Waals surface area (Å²) in [5, 5.41) is 5.06. The molecule has 1 aromatic heterocycles. The molecular formula is C11H21BrN2O2Si. The molecule has 0 N–H and O–H groups in total. The molecule has 0 aliphatic rings. The largest absolute Gasteiger partial charge is 0.493 e. The minimum atomic E-state index is -1.00. The van der Waals surface area contributed by atoms with Crippen molar-refractivity contribution in [3.63, 3.8) is 0 Å². The molecule has 0 aliphatic carbocycles. The van der Waals surface area contributed by atoms with Crippen molar-refractivity contribution < 1.29 is 9.47 Å². The molecule has 0 atom stereocenters. The first-order valence-electron chi connectivity index (χ1n) is 5.70. The summed E-state index contributed by atoms with van der Waals surface area (Å²) < 4.78 is 12.6. The minimum Gasteiger partial charge on any atom is -0.493 e. The molecule has 0 saturated heterocycles. The zero-order chi connectivity index (χ0) is 12.9. The molecule has 4 nitrogen and oxygen atoms in total. The highest BCUT2D eigenvalue weighted by Gasteiger charge is 2.12. The van der Waals surface area contributed by atoms with Gasteiger partial charge in [0.15, 0.2) is 5.75 Å². The third kappa shape index (κ3) is 5.22. The Morgan fingerprint density at radius 1 is 1.41 bits per heavy atom. The zero-order valence-electron chi connectivity index (χ0n) is 11.0. The van der Waals surface area contributed by atoms with E-state index in [0.29, 0.717) is 12.1 Å². The molecule has 0 fully saturated rings. The maximum Gasteiger partial charge on any atom is 0.160 e. The van der Waals surface area contributed by atoms with Crippen LogP contribution in [0.1, 0.15) is 5.69 Å². The highest BCUT2D eigenvalue weighted by molar-refractivity contribution is 9.08. The van der Waals surface area contributed by atoms with Crippen LogP contribution in [-0.2, 0) is 16.8 Å². The van der Waals surface area contributed by atoms with Crippen molar-refractivity contribution in [2.45, 2.75) is 37.7 Å². The first-order chi connectivity index (χ1) is 7.96. The molecule has 1 aromatic rings. The fraction of sp³-hybridized carbons (Fsp3) is 0.727. The van der Waals surface area contributed by atoms with Gasteiger partial charge in [-0.1, -0.05) is 35.6 Å². The number of hydrogen-bond acceptors (Lipinski definition) is 3. The van der Waals surface area contributed by atoms with E-state index in [9.17, 15) is 0 Å². The number of methoxy groups -OCH3 is 1. The number of halogens is 1. The molecule has 0 unspecified atom stereocenters. The highest BCUT2D eigenvalue weighted by Crippen LogP contribution is 2.18. The first kappa shape index (κ1) is 14.7. The lowest BCUT2D eigenvalue weighted by Gasteiger charge is -2.15. The molecule has 98 valence electrons. The van der Waals surface area contributed by atoms with Crippen molar-refractivity contribution in [1.29, 1.82) is 0 Å². The summed E-state index contributed by atoms with van der Waals surface area (Å²) in [5.74, 6) is 0.802. The Kier molecular flexibility index (Phi) is 5.68. The Morgan fingerprint density at radius 2 is 2.12 bits per heavy atom. The fourth-order valence-electron chi connectivity index (χ4n) is 1.31. The summed E-state index contributed by atoms with van der Waals surface area (Å²) in [4.78, 5) is 0. The van der Waals surface area contributed by atoms with E-state index in [2.05, 4.69) is 40.7 Å². The number of nitrogens with zero attached hydrogens (tertiary/aromatic N) is 2. The molecule has 1 rings (SSSR count). The molecule has 6 heteroatoms. The molecule has 0 aromatic carbocycles. The molecule has 1 heterocycles. The normalized spacial score (nSPS) is 11.8. The van der Waals surface area contributed by atoms with E-state index in [-0.39, 0.29) is 0 Å². The van der Waals surface area contributed by atoms with E-state index < -0.39 is 8.07 Å². The van der Waals surface area contributed by atoms with Crippen LogP contribution in [0.3, 0.4) is 0 Å². The average molecular weight is 321 g/mol. The average Bonchev–Trinajstić information content (AvgIpc) is 2.65.